The third-order valence-electron chi connectivity index (χ3n) is 7.95. The largest absolute Gasteiger partial charge is 0.347 e. The molecule has 1 aliphatic heterocycles. The summed E-state index contributed by atoms with van der Waals surface area (Å²) in [6, 6.07) is 10.8. The molecule has 2 aliphatic carbocycles. The van der Waals surface area contributed by atoms with E-state index >= 15 is 0 Å². The highest BCUT2D eigenvalue weighted by molar-refractivity contribution is 7.99. The summed E-state index contributed by atoms with van der Waals surface area (Å²) in [6.45, 7) is 9.10. The topological polar surface area (TPSA) is 18.5 Å². The number of hydrogen-bond donors (Lipinski definition) is 0. The Kier molecular flexibility index (Phi) is 4.71. The number of rotatable bonds is 3. The van der Waals surface area contributed by atoms with E-state index in [1.165, 1.54) is 30.6 Å². The molecular weight excluding hydrogens is 328 g/mol. The van der Waals surface area contributed by atoms with Crippen molar-refractivity contribution in [1.29, 1.82) is 0 Å². The zero-order valence-corrected chi connectivity index (χ0v) is 16.7. The highest BCUT2D eigenvalue weighted by Crippen LogP contribution is 2.67. The van der Waals surface area contributed by atoms with Gasteiger partial charge in [-0.15, -0.1) is 11.8 Å². The lowest BCUT2D eigenvalue weighted by Gasteiger charge is -2.64. The van der Waals surface area contributed by atoms with Crippen molar-refractivity contribution in [1.82, 2.24) is 0 Å². The molecule has 2 saturated carbocycles. The van der Waals surface area contributed by atoms with Gasteiger partial charge in [-0.25, -0.2) is 0 Å². The van der Waals surface area contributed by atoms with E-state index in [1.54, 1.807) is 0 Å². The van der Waals surface area contributed by atoms with Gasteiger partial charge in [-0.1, -0.05) is 51.8 Å². The van der Waals surface area contributed by atoms with Crippen LogP contribution < -0.4 is 0 Å². The maximum atomic E-state index is 6.34. The quantitative estimate of drug-likeness (QED) is 0.638. The first-order valence-electron chi connectivity index (χ1n) is 9.96. The van der Waals surface area contributed by atoms with Crippen LogP contribution in [0.15, 0.2) is 35.2 Å². The first kappa shape index (κ1) is 17.9. The van der Waals surface area contributed by atoms with Crippen molar-refractivity contribution >= 4 is 11.8 Å². The number of fused-ring (bicyclic) bond motifs is 1. The van der Waals surface area contributed by atoms with E-state index in [2.05, 4.69) is 51.1 Å². The molecule has 1 spiro atoms. The van der Waals surface area contributed by atoms with Crippen molar-refractivity contribution in [3.63, 3.8) is 0 Å². The summed E-state index contributed by atoms with van der Waals surface area (Å²) in [6.07, 6.45) is 6.32. The predicted molar refractivity (Wildman–Crippen MR) is 104 cm³/mol. The van der Waals surface area contributed by atoms with Gasteiger partial charge in [0.05, 0.1) is 13.2 Å². The predicted octanol–water partition coefficient (Wildman–Crippen LogP) is 5.76. The number of ether oxygens (including phenoxy) is 2. The van der Waals surface area contributed by atoms with Gasteiger partial charge in [0, 0.05) is 23.0 Å². The Hall–Kier alpha value is -0.510. The fourth-order valence-corrected chi connectivity index (χ4v) is 7.29. The van der Waals surface area contributed by atoms with Gasteiger partial charge in [-0.05, 0) is 41.7 Å². The molecule has 25 heavy (non-hydrogen) atoms. The lowest BCUT2D eigenvalue weighted by molar-refractivity contribution is -0.278. The average Bonchev–Trinajstić information content (AvgIpc) is 3.08. The summed E-state index contributed by atoms with van der Waals surface area (Å²) in [5.41, 5.74) is 0.683. The van der Waals surface area contributed by atoms with Crippen molar-refractivity contribution in [2.75, 3.05) is 19.0 Å². The minimum Gasteiger partial charge on any atom is -0.347 e. The van der Waals surface area contributed by atoms with Crippen LogP contribution in [-0.2, 0) is 9.47 Å². The second-order valence-electron chi connectivity index (χ2n) is 8.81. The van der Waals surface area contributed by atoms with E-state index in [9.17, 15) is 0 Å². The van der Waals surface area contributed by atoms with E-state index in [-0.39, 0.29) is 11.2 Å². The lowest BCUT2D eigenvalue weighted by atomic mass is 9.44. The standard InChI is InChI=1S/C22H32O2S/c1-17-8-7-11-21(3)19(16-25-18-9-5-4-6-10-18)22(23-14-15-24-22)13-12-20(17,21)2/h4-6,9-10,17,19H,7-8,11-16H2,1-3H3/t17-,19+,20+,21+/m1/s1. The molecule has 3 heteroatoms. The van der Waals surface area contributed by atoms with Gasteiger partial charge in [0.2, 0.25) is 0 Å². The molecule has 0 bridgehead atoms. The van der Waals surface area contributed by atoms with Crippen LogP contribution in [0.5, 0.6) is 0 Å². The molecule has 0 radical (unpaired) electrons. The number of benzene rings is 1. The van der Waals surface area contributed by atoms with Gasteiger partial charge in [-0.3, -0.25) is 0 Å². The van der Waals surface area contributed by atoms with Crippen molar-refractivity contribution in [3.05, 3.63) is 30.3 Å². The van der Waals surface area contributed by atoms with E-state index in [1.807, 2.05) is 11.8 Å². The zero-order valence-electron chi connectivity index (χ0n) is 15.9. The van der Waals surface area contributed by atoms with Crippen LogP contribution in [0, 0.1) is 22.7 Å². The maximum Gasteiger partial charge on any atom is 0.172 e. The summed E-state index contributed by atoms with van der Waals surface area (Å²) in [7, 11) is 0. The molecule has 138 valence electrons. The van der Waals surface area contributed by atoms with E-state index < -0.39 is 0 Å². The third kappa shape index (κ3) is 2.78. The van der Waals surface area contributed by atoms with Crippen molar-refractivity contribution in [3.8, 4) is 0 Å². The van der Waals surface area contributed by atoms with Crippen molar-refractivity contribution < 1.29 is 9.47 Å². The van der Waals surface area contributed by atoms with Crippen LogP contribution in [0.25, 0.3) is 0 Å². The zero-order chi connectivity index (χ0) is 17.5. The molecular formula is C22H32O2S. The van der Waals surface area contributed by atoms with Gasteiger partial charge in [0.1, 0.15) is 0 Å². The summed E-state index contributed by atoms with van der Waals surface area (Å²) < 4.78 is 12.7. The molecule has 0 N–H and O–H groups in total. The van der Waals surface area contributed by atoms with Crippen LogP contribution in [0.2, 0.25) is 0 Å². The molecule has 4 atom stereocenters. The smallest absolute Gasteiger partial charge is 0.172 e. The maximum absolute atomic E-state index is 6.34. The molecule has 1 aromatic rings. The Morgan fingerprint density at radius 2 is 1.72 bits per heavy atom. The summed E-state index contributed by atoms with van der Waals surface area (Å²) in [5.74, 6) is 1.99. The van der Waals surface area contributed by atoms with Crippen molar-refractivity contribution in [2.24, 2.45) is 22.7 Å². The normalized spacial score (nSPS) is 40.1. The monoisotopic (exact) mass is 360 g/mol. The van der Waals surface area contributed by atoms with E-state index in [0.29, 0.717) is 11.3 Å². The second kappa shape index (κ2) is 6.58. The Bertz CT molecular complexity index is 597. The van der Waals surface area contributed by atoms with E-state index in [4.69, 9.17) is 9.47 Å². The van der Waals surface area contributed by atoms with Crippen LogP contribution >= 0.6 is 11.8 Å². The van der Waals surface area contributed by atoms with Gasteiger partial charge in [-0.2, -0.15) is 0 Å². The minimum absolute atomic E-state index is 0.287. The SMILES string of the molecule is C[C@@H]1CCC[C@@]2(C)[C@H](CSc3ccccc3)C3(CC[C@@]12C)OCCO3. The van der Waals surface area contributed by atoms with Crippen LogP contribution in [0.1, 0.15) is 52.9 Å². The molecule has 0 unspecified atom stereocenters. The highest BCUT2D eigenvalue weighted by Gasteiger charge is 2.64. The molecule has 3 aliphatic rings. The molecule has 2 nitrogen and oxygen atoms in total. The first-order chi connectivity index (χ1) is 12.0. The molecule has 4 rings (SSSR count). The number of hydrogen-bond acceptors (Lipinski definition) is 3. The first-order valence-corrected chi connectivity index (χ1v) is 10.9. The molecule has 1 heterocycles. The summed E-state index contributed by atoms with van der Waals surface area (Å²) in [5, 5.41) is 0. The average molecular weight is 361 g/mol. The highest BCUT2D eigenvalue weighted by atomic mass is 32.2. The van der Waals surface area contributed by atoms with Gasteiger partial charge in [0.25, 0.3) is 0 Å². The fraction of sp³-hybridized carbons (Fsp3) is 0.727. The van der Waals surface area contributed by atoms with Crippen LogP contribution in [-0.4, -0.2) is 24.8 Å². The third-order valence-corrected chi connectivity index (χ3v) is 9.06. The number of thioether (sulfide) groups is 1. The summed E-state index contributed by atoms with van der Waals surface area (Å²) in [4.78, 5) is 1.36. The molecule has 0 aromatic heterocycles. The molecule has 1 saturated heterocycles. The molecule has 3 fully saturated rings. The Labute approximate surface area is 157 Å². The Balaban J connectivity index is 1.66. The Morgan fingerprint density at radius 3 is 2.44 bits per heavy atom. The molecule has 1 aromatic carbocycles. The minimum atomic E-state index is -0.340. The molecule has 0 amide bonds. The van der Waals surface area contributed by atoms with E-state index in [0.717, 1.165) is 31.3 Å². The lowest BCUT2D eigenvalue weighted by Crippen LogP contribution is -2.62. The fourth-order valence-electron chi connectivity index (χ4n) is 5.96. The van der Waals surface area contributed by atoms with Gasteiger partial charge < -0.3 is 9.47 Å². The Morgan fingerprint density at radius 1 is 1.00 bits per heavy atom. The van der Waals surface area contributed by atoms with Crippen LogP contribution in [0.3, 0.4) is 0 Å². The second-order valence-corrected chi connectivity index (χ2v) is 9.91. The van der Waals surface area contributed by atoms with Crippen molar-refractivity contribution in [2.45, 2.75) is 63.6 Å². The van der Waals surface area contributed by atoms with Gasteiger partial charge in [0.15, 0.2) is 5.79 Å². The summed E-state index contributed by atoms with van der Waals surface area (Å²) >= 11 is 1.98. The van der Waals surface area contributed by atoms with Crippen LogP contribution in [0.4, 0.5) is 0 Å². The van der Waals surface area contributed by atoms with Gasteiger partial charge >= 0.3 is 0 Å².